The maximum atomic E-state index is 5.66. The molecular weight excluding hydrogens is 177 g/mol. The van der Waals surface area contributed by atoms with Crippen LogP contribution in [-0.4, -0.2) is 10.9 Å². The highest BCUT2D eigenvalue weighted by atomic mass is 35.5. The lowest BCUT2D eigenvalue weighted by Crippen LogP contribution is -1.80. The topological polar surface area (TPSA) is 12.9 Å². The van der Waals surface area contributed by atoms with Crippen molar-refractivity contribution in [1.82, 2.24) is 4.98 Å². The Labute approximate surface area is 67.6 Å². The van der Waals surface area contributed by atoms with Crippen LogP contribution in [0, 0.1) is 0 Å². The van der Waals surface area contributed by atoms with E-state index in [2.05, 4.69) is 4.98 Å². The van der Waals surface area contributed by atoms with Gasteiger partial charge in [0.05, 0.1) is 5.51 Å². The number of thiazole rings is 1. The van der Waals surface area contributed by atoms with E-state index in [9.17, 15) is 0 Å². The van der Waals surface area contributed by atoms with E-state index in [1.54, 1.807) is 16.8 Å². The zero-order chi connectivity index (χ0) is 6.69. The first kappa shape index (κ1) is 7.32. The van der Waals surface area contributed by atoms with E-state index >= 15 is 0 Å². The molecule has 0 aliphatic heterocycles. The lowest BCUT2D eigenvalue weighted by atomic mass is 10.4. The lowest BCUT2D eigenvalue weighted by molar-refractivity contribution is 1.18. The molecular formula is C5H5Cl2NS. The number of hydrogen-bond donors (Lipinski definition) is 0. The van der Waals surface area contributed by atoms with E-state index in [0.29, 0.717) is 11.0 Å². The predicted octanol–water partition coefficient (Wildman–Crippen LogP) is 2.58. The summed E-state index contributed by atoms with van der Waals surface area (Å²) in [4.78, 5) is 4.94. The first-order valence-electron chi connectivity index (χ1n) is 2.48. The van der Waals surface area contributed by atoms with Gasteiger partial charge in [0, 0.05) is 10.8 Å². The van der Waals surface area contributed by atoms with Crippen molar-refractivity contribution in [2.75, 3.05) is 5.88 Å². The average Bonchev–Trinajstić information content (AvgIpc) is 2.18. The molecule has 50 valence electrons. The normalized spacial score (nSPS) is 10.0. The quantitative estimate of drug-likeness (QED) is 0.640. The Morgan fingerprint density at radius 2 is 2.44 bits per heavy atom. The maximum Gasteiger partial charge on any atom is 0.143 e. The number of hydrogen-bond acceptors (Lipinski definition) is 2. The molecule has 1 aromatic heterocycles. The monoisotopic (exact) mass is 181 g/mol. The van der Waals surface area contributed by atoms with E-state index in [4.69, 9.17) is 23.2 Å². The Morgan fingerprint density at radius 3 is 2.89 bits per heavy atom. The van der Waals surface area contributed by atoms with Gasteiger partial charge in [-0.15, -0.1) is 22.9 Å². The Balaban J connectivity index is 2.69. The van der Waals surface area contributed by atoms with E-state index in [1.165, 1.54) is 0 Å². The number of aromatic nitrogens is 1. The van der Waals surface area contributed by atoms with Crippen molar-refractivity contribution in [3.8, 4) is 0 Å². The smallest absolute Gasteiger partial charge is 0.143 e. The van der Waals surface area contributed by atoms with Gasteiger partial charge in [0.1, 0.15) is 5.15 Å². The van der Waals surface area contributed by atoms with Crippen LogP contribution in [0.5, 0.6) is 0 Å². The summed E-state index contributed by atoms with van der Waals surface area (Å²) < 4.78 is 0. The molecule has 0 aliphatic carbocycles. The Bertz CT molecular complexity index is 187. The molecule has 1 aromatic rings. The zero-order valence-electron chi connectivity index (χ0n) is 4.60. The highest BCUT2D eigenvalue weighted by molar-refractivity contribution is 7.10. The van der Waals surface area contributed by atoms with Crippen molar-refractivity contribution in [2.45, 2.75) is 6.42 Å². The summed E-state index contributed by atoms with van der Waals surface area (Å²) in [6, 6.07) is 0. The second-order valence-electron chi connectivity index (χ2n) is 1.51. The minimum atomic E-state index is 0.598. The van der Waals surface area contributed by atoms with Crippen LogP contribution in [0.3, 0.4) is 0 Å². The van der Waals surface area contributed by atoms with Crippen molar-refractivity contribution in [2.24, 2.45) is 0 Å². The van der Waals surface area contributed by atoms with E-state index in [1.807, 2.05) is 0 Å². The molecule has 0 saturated carbocycles. The lowest BCUT2D eigenvalue weighted by Gasteiger charge is -1.87. The van der Waals surface area contributed by atoms with Gasteiger partial charge in [-0.1, -0.05) is 11.6 Å². The number of aryl methyl sites for hydroxylation is 1. The van der Waals surface area contributed by atoms with Crippen LogP contribution in [0.15, 0.2) is 5.51 Å². The standard InChI is InChI=1S/C5H5Cl2NS/c6-2-1-4-5(7)8-3-9-4/h3H,1-2H2. The molecule has 1 rings (SSSR count). The van der Waals surface area contributed by atoms with Gasteiger partial charge >= 0.3 is 0 Å². The number of nitrogens with zero attached hydrogens (tertiary/aromatic N) is 1. The third kappa shape index (κ3) is 1.81. The number of alkyl halides is 1. The number of halogens is 2. The molecule has 0 unspecified atom stereocenters. The van der Waals surface area contributed by atoms with Gasteiger partial charge in [-0.05, 0) is 6.42 Å². The van der Waals surface area contributed by atoms with Crippen molar-refractivity contribution < 1.29 is 0 Å². The number of rotatable bonds is 2. The highest BCUT2D eigenvalue weighted by Gasteiger charge is 2.00. The Hall–Kier alpha value is 0.210. The van der Waals surface area contributed by atoms with Crippen LogP contribution in [0.25, 0.3) is 0 Å². The fourth-order valence-corrected chi connectivity index (χ4v) is 1.80. The molecule has 0 atom stereocenters. The average molecular weight is 182 g/mol. The minimum Gasteiger partial charge on any atom is -0.233 e. The Morgan fingerprint density at radius 1 is 1.67 bits per heavy atom. The van der Waals surface area contributed by atoms with Crippen molar-refractivity contribution in [3.63, 3.8) is 0 Å². The summed E-state index contributed by atoms with van der Waals surface area (Å²) in [6.07, 6.45) is 0.824. The molecule has 0 aliphatic rings. The summed E-state index contributed by atoms with van der Waals surface area (Å²) in [5.41, 5.74) is 1.73. The summed E-state index contributed by atoms with van der Waals surface area (Å²) in [5.74, 6) is 0.613. The molecule has 0 amide bonds. The molecule has 1 nitrogen and oxygen atoms in total. The fourth-order valence-electron chi connectivity index (χ4n) is 0.505. The molecule has 0 aromatic carbocycles. The second-order valence-corrected chi connectivity index (χ2v) is 3.18. The van der Waals surface area contributed by atoms with E-state index in [-0.39, 0.29) is 0 Å². The largest absolute Gasteiger partial charge is 0.233 e. The third-order valence-electron chi connectivity index (χ3n) is 0.913. The van der Waals surface area contributed by atoms with Gasteiger partial charge in [-0.2, -0.15) is 0 Å². The third-order valence-corrected chi connectivity index (χ3v) is 2.43. The molecule has 0 radical (unpaired) electrons. The zero-order valence-corrected chi connectivity index (χ0v) is 6.93. The van der Waals surface area contributed by atoms with Gasteiger partial charge in [0.2, 0.25) is 0 Å². The summed E-state index contributed by atoms with van der Waals surface area (Å²) in [5, 5.41) is 0.598. The van der Waals surface area contributed by atoms with E-state index < -0.39 is 0 Å². The Kier molecular flexibility index (Phi) is 2.76. The van der Waals surface area contributed by atoms with Gasteiger partial charge in [0.25, 0.3) is 0 Å². The highest BCUT2D eigenvalue weighted by Crippen LogP contribution is 2.18. The molecule has 1 heterocycles. The molecule has 0 fully saturated rings. The summed E-state index contributed by atoms with van der Waals surface area (Å²) in [6.45, 7) is 0. The van der Waals surface area contributed by atoms with Gasteiger partial charge < -0.3 is 0 Å². The first-order chi connectivity index (χ1) is 4.34. The molecule has 0 N–H and O–H groups in total. The second kappa shape index (κ2) is 3.40. The molecule has 4 heteroatoms. The van der Waals surface area contributed by atoms with Gasteiger partial charge in [-0.3, -0.25) is 0 Å². The van der Waals surface area contributed by atoms with Crippen LogP contribution in [0.2, 0.25) is 5.15 Å². The first-order valence-corrected chi connectivity index (χ1v) is 4.27. The predicted molar refractivity (Wildman–Crippen MR) is 41.5 cm³/mol. The SMILES string of the molecule is ClCCc1scnc1Cl. The van der Waals surface area contributed by atoms with Gasteiger partial charge in [-0.25, -0.2) is 4.98 Å². The van der Waals surface area contributed by atoms with Crippen LogP contribution >= 0.6 is 34.5 Å². The van der Waals surface area contributed by atoms with E-state index in [0.717, 1.165) is 11.3 Å². The van der Waals surface area contributed by atoms with Gasteiger partial charge in [0.15, 0.2) is 0 Å². The van der Waals surface area contributed by atoms with Crippen molar-refractivity contribution >= 4 is 34.5 Å². The van der Waals surface area contributed by atoms with Crippen molar-refractivity contribution in [1.29, 1.82) is 0 Å². The van der Waals surface area contributed by atoms with Crippen LogP contribution in [0.1, 0.15) is 4.88 Å². The molecule has 0 saturated heterocycles. The van der Waals surface area contributed by atoms with Crippen LogP contribution in [0.4, 0.5) is 0 Å². The van der Waals surface area contributed by atoms with Crippen LogP contribution < -0.4 is 0 Å². The molecule has 0 bridgehead atoms. The minimum absolute atomic E-state index is 0.598. The molecule has 9 heavy (non-hydrogen) atoms. The van der Waals surface area contributed by atoms with Crippen LogP contribution in [-0.2, 0) is 6.42 Å². The van der Waals surface area contributed by atoms with Crippen molar-refractivity contribution in [3.05, 3.63) is 15.5 Å². The summed E-state index contributed by atoms with van der Waals surface area (Å²) >= 11 is 12.7. The fraction of sp³-hybridized carbons (Fsp3) is 0.400. The summed E-state index contributed by atoms with van der Waals surface area (Å²) in [7, 11) is 0. The maximum absolute atomic E-state index is 5.66. The molecule has 0 spiro atoms.